The van der Waals surface area contributed by atoms with E-state index >= 15 is 0 Å². The first-order chi connectivity index (χ1) is 14.1. The number of nitrogens with zero attached hydrogens (tertiary/aromatic N) is 2. The highest BCUT2D eigenvalue weighted by Gasteiger charge is 2.28. The molecule has 1 aromatic heterocycles. The minimum atomic E-state index is -0.505. The number of carbonyl (C=O) groups excluding carboxylic acids is 3. The van der Waals surface area contributed by atoms with Crippen LogP contribution in [0, 0.1) is 0 Å². The van der Waals surface area contributed by atoms with Crippen LogP contribution in [0.4, 0.5) is 5.69 Å². The lowest BCUT2D eigenvalue weighted by atomic mass is 10.1. The second kappa shape index (κ2) is 9.36. The minimum Gasteiger partial charge on any atom is -0.462 e. The second-order valence-corrected chi connectivity index (χ2v) is 6.82. The number of fused-ring (bicyclic) bond motifs is 1. The Morgan fingerprint density at radius 3 is 2.69 bits per heavy atom. The van der Waals surface area contributed by atoms with Gasteiger partial charge in [-0.25, -0.2) is 9.78 Å². The zero-order valence-corrected chi connectivity index (χ0v) is 16.8. The minimum absolute atomic E-state index is 0.227. The van der Waals surface area contributed by atoms with Gasteiger partial charge in [-0.15, -0.1) is 0 Å². The number of aromatic nitrogens is 2. The maximum Gasteiger partial charge on any atom is 0.340 e. The molecule has 0 saturated carbocycles. The van der Waals surface area contributed by atoms with Crippen molar-refractivity contribution in [2.24, 2.45) is 0 Å². The predicted octanol–water partition coefficient (Wildman–Crippen LogP) is 2.79. The monoisotopic (exact) mass is 398 g/mol. The standard InChI is InChI=1S/C21H26N4O4/c1-3-12-22-20(27)18-24-17(16-11-7-8-13-25(16)18)19(26)23-15-10-6-5-9-14(15)21(28)29-4-2/h5-6,9-10H,3-4,7-8,11-13H2,1-2H3,(H,22,27)(H,23,26). The highest BCUT2D eigenvalue weighted by atomic mass is 16.5. The molecule has 0 radical (unpaired) electrons. The van der Waals surface area contributed by atoms with Crippen LogP contribution in [0.15, 0.2) is 24.3 Å². The lowest BCUT2D eigenvalue weighted by Gasteiger charge is -2.17. The molecule has 0 spiro atoms. The van der Waals surface area contributed by atoms with Gasteiger partial charge >= 0.3 is 5.97 Å². The van der Waals surface area contributed by atoms with E-state index in [1.54, 1.807) is 31.2 Å². The van der Waals surface area contributed by atoms with E-state index < -0.39 is 11.9 Å². The fraction of sp³-hybridized carbons (Fsp3) is 0.429. The summed E-state index contributed by atoms with van der Waals surface area (Å²) >= 11 is 0. The van der Waals surface area contributed by atoms with Crippen LogP contribution in [0.2, 0.25) is 0 Å². The lowest BCUT2D eigenvalue weighted by Crippen LogP contribution is -2.28. The zero-order valence-electron chi connectivity index (χ0n) is 16.8. The molecular formula is C21H26N4O4. The molecule has 0 bridgehead atoms. The molecule has 2 aromatic rings. The molecule has 0 atom stereocenters. The third-order valence-corrected chi connectivity index (χ3v) is 4.74. The number of benzene rings is 1. The van der Waals surface area contributed by atoms with Crippen molar-refractivity contribution >= 4 is 23.5 Å². The summed E-state index contributed by atoms with van der Waals surface area (Å²) in [5.74, 6) is -0.963. The zero-order chi connectivity index (χ0) is 20.8. The van der Waals surface area contributed by atoms with Gasteiger partial charge in [0.2, 0.25) is 0 Å². The van der Waals surface area contributed by atoms with Crippen molar-refractivity contribution in [3.63, 3.8) is 0 Å². The Morgan fingerprint density at radius 2 is 1.93 bits per heavy atom. The number of nitrogens with one attached hydrogen (secondary N) is 2. The van der Waals surface area contributed by atoms with E-state index in [9.17, 15) is 14.4 Å². The summed E-state index contributed by atoms with van der Waals surface area (Å²) in [6, 6.07) is 6.67. The number of para-hydroxylation sites is 1. The molecule has 0 unspecified atom stereocenters. The first-order valence-corrected chi connectivity index (χ1v) is 10.0. The van der Waals surface area contributed by atoms with E-state index in [4.69, 9.17) is 4.74 Å². The Kier molecular flexibility index (Phi) is 6.64. The summed E-state index contributed by atoms with van der Waals surface area (Å²) in [5, 5.41) is 5.59. The smallest absolute Gasteiger partial charge is 0.340 e. The first-order valence-electron chi connectivity index (χ1n) is 10.0. The molecule has 1 aromatic carbocycles. The van der Waals surface area contributed by atoms with Gasteiger partial charge < -0.3 is 19.9 Å². The number of ether oxygens (including phenoxy) is 1. The summed E-state index contributed by atoms with van der Waals surface area (Å²) in [7, 11) is 0. The summed E-state index contributed by atoms with van der Waals surface area (Å²) in [4.78, 5) is 42.0. The molecule has 2 amide bonds. The van der Waals surface area contributed by atoms with Crippen LogP contribution in [-0.4, -0.2) is 40.5 Å². The molecule has 2 N–H and O–H groups in total. The van der Waals surface area contributed by atoms with Crippen molar-refractivity contribution in [2.45, 2.75) is 46.1 Å². The number of imidazole rings is 1. The number of esters is 1. The van der Waals surface area contributed by atoms with Gasteiger partial charge in [0, 0.05) is 13.1 Å². The molecule has 1 aliphatic heterocycles. The largest absolute Gasteiger partial charge is 0.462 e. The molecule has 0 fully saturated rings. The average Bonchev–Trinajstić information content (AvgIpc) is 3.12. The first kappa shape index (κ1) is 20.6. The summed E-state index contributed by atoms with van der Waals surface area (Å²) in [6.07, 6.45) is 3.36. The molecular weight excluding hydrogens is 372 g/mol. The third-order valence-electron chi connectivity index (χ3n) is 4.74. The van der Waals surface area contributed by atoms with Gasteiger partial charge in [0.1, 0.15) is 0 Å². The molecule has 0 saturated heterocycles. The van der Waals surface area contributed by atoms with E-state index in [0.29, 0.717) is 25.2 Å². The molecule has 1 aliphatic rings. The predicted molar refractivity (Wildman–Crippen MR) is 108 cm³/mol. The van der Waals surface area contributed by atoms with Gasteiger partial charge in [0.05, 0.1) is 23.6 Å². The van der Waals surface area contributed by atoms with Gasteiger partial charge in [0.25, 0.3) is 11.8 Å². The number of hydrogen-bond acceptors (Lipinski definition) is 5. The highest BCUT2D eigenvalue weighted by molar-refractivity contribution is 6.08. The van der Waals surface area contributed by atoms with Gasteiger partial charge in [-0.05, 0) is 44.7 Å². The van der Waals surface area contributed by atoms with Crippen molar-refractivity contribution in [2.75, 3.05) is 18.5 Å². The van der Waals surface area contributed by atoms with Gasteiger partial charge in [-0.3, -0.25) is 9.59 Å². The van der Waals surface area contributed by atoms with Crippen LogP contribution < -0.4 is 10.6 Å². The van der Waals surface area contributed by atoms with Crippen molar-refractivity contribution in [3.8, 4) is 0 Å². The van der Waals surface area contributed by atoms with Gasteiger partial charge in [-0.2, -0.15) is 0 Å². The maximum absolute atomic E-state index is 13.0. The average molecular weight is 398 g/mol. The van der Waals surface area contributed by atoms with Crippen LogP contribution in [0.5, 0.6) is 0 Å². The topological polar surface area (TPSA) is 102 Å². The third kappa shape index (κ3) is 4.47. The number of anilines is 1. The molecule has 154 valence electrons. The van der Waals surface area contributed by atoms with Crippen LogP contribution in [0.1, 0.15) is 70.3 Å². The molecule has 2 heterocycles. The van der Waals surface area contributed by atoms with Crippen molar-refractivity contribution in [1.29, 1.82) is 0 Å². The fourth-order valence-electron chi connectivity index (χ4n) is 3.38. The van der Waals surface area contributed by atoms with E-state index in [-0.39, 0.29) is 29.6 Å². The van der Waals surface area contributed by atoms with E-state index in [0.717, 1.165) is 25.0 Å². The van der Waals surface area contributed by atoms with Crippen molar-refractivity contribution < 1.29 is 19.1 Å². The molecule has 0 aliphatic carbocycles. The molecule has 8 heteroatoms. The number of carbonyl (C=O) groups is 3. The lowest BCUT2D eigenvalue weighted by molar-refractivity contribution is 0.0527. The Hall–Kier alpha value is -3.16. The van der Waals surface area contributed by atoms with Gasteiger partial charge in [0.15, 0.2) is 11.5 Å². The number of amides is 2. The van der Waals surface area contributed by atoms with Crippen LogP contribution in [0.3, 0.4) is 0 Å². The quantitative estimate of drug-likeness (QED) is 0.698. The summed E-state index contributed by atoms with van der Waals surface area (Å²) < 4.78 is 6.89. The molecule has 8 nitrogen and oxygen atoms in total. The molecule has 29 heavy (non-hydrogen) atoms. The Bertz CT molecular complexity index is 919. The highest BCUT2D eigenvalue weighted by Crippen LogP contribution is 2.23. The Labute approximate surface area is 169 Å². The second-order valence-electron chi connectivity index (χ2n) is 6.82. The SMILES string of the molecule is CCCNC(=O)c1nc(C(=O)Nc2ccccc2C(=O)OCC)c2n1CCCC2. The Balaban J connectivity index is 1.90. The number of hydrogen-bond donors (Lipinski definition) is 2. The van der Waals surface area contributed by atoms with Crippen molar-refractivity contribution in [3.05, 3.63) is 47.0 Å². The van der Waals surface area contributed by atoms with Crippen LogP contribution in [0.25, 0.3) is 0 Å². The van der Waals surface area contributed by atoms with Crippen molar-refractivity contribution in [1.82, 2.24) is 14.9 Å². The normalized spacial score (nSPS) is 12.8. The summed E-state index contributed by atoms with van der Waals surface area (Å²) in [5.41, 5.74) is 1.61. The number of rotatable bonds is 7. The van der Waals surface area contributed by atoms with E-state index in [2.05, 4.69) is 15.6 Å². The van der Waals surface area contributed by atoms with Crippen LogP contribution >= 0.6 is 0 Å². The molecule has 3 rings (SSSR count). The summed E-state index contributed by atoms with van der Waals surface area (Å²) in [6.45, 7) is 5.15. The maximum atomic E-state index is 13.0. The van der Waals surface area contributed by atoms with E-state index in [1.165, 1.54) is 0 Å². The van der Waals surface area contributed by atoms with E-state index in [1.807, 2.05) is 11.5 Å². The Morgan fingerprint density at radius 1 is 1.14 bits per heavy atom. The van der Waals surface area contributed by atoms with Gasteiger partial charge in [-0.1, -0.05) is 19.1 Å². The van der Waals surface area contributed by atoms with Crippen LogP contribution in [-0.2, 0) is 17.7 Å². The fourth-order valence-corrected chi connectivity index (χ4v) is 3.38.